The van der Waals surface area contributed by atoms with E-state index in [1.54, 1.807) is 7.05 Å². The molecule has 3 atom stereocenters. The maximum absolute atomic E-state index is 14.3. The average molecular weight is 552 g/mol. The molecule has 39 heavy (non-hydrogen) atoms. The van der Waals surface area contributed by atoms with E-state index >= 15 is 0 Å². The first-order chi connectivity index (χ1) is 18.5. The van der Waals surface area contributed by atoms with Crippen molar-refractivity contribution in [3.05, 3.63) is 52.8 Å². The monoisotopic (exact) mass is 551 g/mol. The van der Waals surface area contributed by atoms with Gasteiger partial charge < -0.3 is 15.5 Å². The Balaban J connectivity index is 1.37. The lowest BCUT2D eigenvalue weighted by atomic mass is 9.53. The van der Waals surface area contributed by atoms with E-state index in [0.717, 1.165) is 48.3 Å². The van der Waals surface area contributed by atoms with Crippen LogP contribution in [-0.4, -0.2) is 51.7 Å². The van der Waals surface area contributed by atoms with Crippen LogP contribution in [0.25, 0.3) is 0 Å². The highest BCUT2D eigenvalue weighted by Crippen LogP contribution is 2.56. The molecule has 1 aliphatic heterocycles. The molecular formula is C31H42ClN5O2. The van der Waals surface area contributed by atoms with Gasteiger partial charge in [0.2, 0.25) is 11.8 Å². The number of nitrogens with zero attached hydrogens (tertiary/aromatic N) is 3. The second kappa shape index (κ2) is 9.91. The van der Waals surface area contributed by atoms with Gasteiger partial charge in [0.25, 0.3) is 0 Å². The van der Waals surface area contributed by atoms with Crippen molar-refractivity contribution in [2.24, 2.45) is 17.8 Å². The Kier molecular flexibility index (Phi) is 6.82. The number of aromatic nitrogens is 2. The molecule has 4 saturated carbocycles. The van der Waals surface area contributed by atoms with Crippen LogP contribution in [0.15, 0.2) is 36.5 Å². The number of rotatable bonds is 6. The number of amides is 2. The molecule has 1 unspecified atom stereocenters. The van der Waals surface area contributed by atoms with Crippen LogP contribution in [0.4, 0.5) is 0 Å². The Morgan fingerprint density at radius 2 is 1.72 bits per heavy atom. The summed E-state index contributed by atoms with van der Waals surface area (Å²) >= 11 is 6.46. The molecule has 1 aromatic heterocycles. The van der Waals surface area contributed by atoms with Gasteiger partial charge in [-0.25, -0.2) is 0 Å². The Bertz CT molecular complexity index is 1210. The van der Waals surface area contributed by atoms with E-state index in [9.17, 15) is 9.59 Å². The number of benzene rings is 1. The number of carbonyl (C=O) groups is 2. The highest BCUT2D eigenvalue weighted by Gasteiger charge is 2.54. The lowest BCUT2D eigenvalue weighted by Crippen LogP contribution is -2.62. The van der Waals surface area contributed by atoms with Crippen LogP contribution in [0, 0.1) is 17.8 Å². The standard InChI is InChI=1S/C31H42ClN5O2/c1-30(2,3)36-9-8-25(35-36)24-14-26(29(39)34-31-15-19-10-20(16-31)12-21(11-19)17-31)37(27(38)18-33-4)28(24)22-6-5-7-23(32)13-22/h5-9,13,19-21,24,26,28,33H,10-12,14-18H2,1-4H3,(H,34,39)/t19?,20?,21?,24?,26-,28-,31?/m0/s1. The minimum Gasteiger partial charge on any atom is -0.349 e. The molecule has 0 radical (unpaired) electrons. The number of halogens is 1. The molecule has 2 heterocycles. The summed E-state index contributed by atoms with van der Waals surface area (Å²) in [5.74, 6) is 1.98. The van der Waals surface area contributed by atoms with Gasteiger partial charge in [-0.2, -0.15) is 5.10 Å². The first kappa shape index (κ1) is 26.8. The zero-order valence-corrected chi connectivity index (χ0v) is 24.4. The normalized spacial score (nSPS) is 33.5. The van der Waals surface area contributed by atoms with Gasteiger partial charge in [0.15, 0.2) is 0 Å². The SMILES string of the molecule is CNCC(=O)N1[C@H](C(=O)NC23CC4CC(CC(C4)C2)C3)CC(c2ccn(C(C)(C)C)n2)[C@@H]1c1cccc(Cl)c1. The highest BCUT2D eigenvalue weighted by atomic mass is 35.5. The first-order valence-corrected chi connectivity index (χ1v) is 15.0. The Morgan fingerprint density at radius 3 is 2.28 bits per heavy atom. The lowest BCUT2D eigenvalue weighted by Gasteiger charge is -2.57. The fraction of sp³-hybridized carbons (Fsp3) is 0.645. The van der Waals surface area contributed by atoms with Crippen LogP contribution >= 0.6 is 11.6 Å². The molecule has 5 fully saturated rings. The average Bonchev–Trinajstić information content (AvgIpc) is 3.49. The van der Waals surface area contributed by atoms with Gasteiger partial charge in [0.05, 0.1) is 23.8 Å². The fourth-order valence-corrected chi connectivity index (χ4v) is 8.76. The summed E-state index contributed by atoms with van der Waals surface area (Å²) in [6, 6.07) is 8.87. The number of carbonyl (C=O) groups excluding carboxylic acids is 2. The van der Waals surface area contributed by atoms with Gasteiger partial charge in [0, 0.05) is 22.7 Å². The highest BCUT2D eigenvalue weighted by molar-refractivity contribution is 6.30. The van der Waals surface area contributed by atoms with Crippen molar-refractivity contribution in [1.82, 2.24) is 25.3 Å². The van der Waals surface area contributed by atoms with Gasteiger partial charge in [-0.1, -0.05) is 23.7 Å². The predicted octanol–water partition coefficient (Wildman–Crippen LogP) is 5.02. The molecule has 0 spiro atoms. The summed E-state index contributed by atoms with van der Waals surface area (Å²) in [5, 5.41) is 12.2. The molecule has 2 aromatic rings. The van der Waals surface area contributed by atoms with E-state index in [0.29, 0.717) is 11.4 Å². The van der Waals surface area contributed by atoms with Crippen LogP contribution in [0.1, 0.15) is 88.9 Å². The Hall–Kier alpha value is -2.38. The maximum Gasteiger partial charge on any atom is 0.243 e. The van der Waals surface area contributed by atoms with Crippen molar-refractivity contribution in [3.8, 4) is 0 Å². The molecular weight excluding hydrogens is 510 g/mol. The van der Waals surface area contributed by atoms with Crippen molar-refractivity contribution in [2.45, 2.75) is 94.8 Å². The molecule has 4 bridgehead atoms. The van der Waals surface area contributed by atoms with E-state index in [-0.39, 0.29) is 41.4 Å². The third-order valence-electron chi connectivity index (χ3n) is 9.71. The number of likely N-dealkylation sites (N-methyl/N-ethyl adjacent to an activating group) is 1. The molecule has 7 nitrogen and oxygen atoms in total. The van der Waals surface area contributed by atoms with Crippen molar-refractivity contribution in [2.75, 3.05) is 13.6 Å². The van der Waals surface area contributed by atoms with Crippen LogP contribution in [0.2, 0.25) is 5.02 Å². The topological polar surface area (TPSA) is 79.3 Å². The summed E-state index contributed by atoms with van der Waals surface area (Å²) in [6.45, 7) is 6.54. The molecule has 4 aliphatic carbocycles. The van der Waals surface area contributed by atoms with Gasteiger partial charge in [0.1, 0.15) is 6.04 Å². The van der Waals surface area contributed by atoms with Gasteiger partial charge in [-0.05, 0) is 114 Å². The van der Waals surface area contributed by atoms with Crippen LogP contribution in [-0.2, 0) is 15.1 Å². The quantitative estimate of drug-likeness (QED) is 0.528. The molecule has 1 aromatic carbocycles. The lowest BCUT2D eigenvalue weighted by molar-refractivity contribution is -0.142. The van der Waals surface area contributed by atoms with E-state index in [1.165, 1.54) is 19.3 Å². The Labute approximate surface area is 237 Å². The van der Waals surface area contributed by atoms with Gasteiger partial charge in [-0.15, -0.1) is 0 Å². The summed E-state index contributed by atoms with van der Waals surface area (Å²) in [7, 11) is 1.77. The van der Waals surface area contributed by atoms with Gasteiger partial charge in [-0.3, -0.25) is 14.3 Å². The van der Waals surface area contributed by atoms with E-state index in [4.69, 9.17) is 16.7 Å². The van der Waals surface area contributed by atoms with Gasteiger partial charge >= 0.3 is 0 Å². The third-order valence-corrected chi connectivity index (χ3v) is 9.94. The maximum atomic E-state index is 14.3. The summed E-state index contributed by atoms with van der Waals surface area (Å²) < 4.78 is 1.97. The molecule has 2 amide bonds. The molecule has 210 valence electrons. The van der Waals surface area contributed by atoms with Crippen molar-refractivity contribution in [3.63, 3.8) is 0 Å². The molecule has 8 heteroatoms. The van der Waals surface area contributed by atoms with E-state index < -0.39 is 6.04 Å². The third kappa shape index (κ3) is 5.01. The molecule has 2 N–H and O–H groups in total. The number of hydrogen-bond donors (Lipinski definition) is 2. The largest absolute Gasteiger partial charge is 0.349 e. The summed E-state index contributed by atoms with van der Waals surface area (Å²) in [6.07, 6.45) is 9.75. The molecule has 5 aliphatic rings. The van der Waals surface area contributed by atoms with Crippen LogP contribution in [0.5, 0.6) is 0 Å². The Morgan fingerprint density at radius 1 is 1.05 bits per heavy atom. The molecule has 7 rings (SSSR count). The van der Waals surface area contributed by atoms with Crippen LogP contribution < -0.4 is 10.6 Å². The fourth-order valence-electron chi connectivity index (χ4n) is 8.56. The predicted molar refractivity (Wildman–Crippen MR) is 152 cm³/mol. The van der Waals surface area contributed by atoms with E-state index in [1.807, 2.05) is 46.1 Å². The smallest absolute Gasteiger partial charge is 0.243 e. The minimum atomic E-state index is -0.562. The zero-order valence-electron chi connectivity index (χ0n) is 23.6. The van der Waals surface area contributed by atoms with Crippen molar-refractivity contribution >= 4 is 23.4 Å². The van der Waals surface area contributed by atoms with Crippen molar-refractivity contribution in [1.29, 1.82) is 0 Å². The van der Waals surface area contributed by atoms with Crippen molar-refractivity contribution < 1.29 is 9.59 Å². The minimum absolute atomic E-state index is 0.00816. The first-order valence-electron chi connectivity index (χ1n) is 14.6. The second-order valence-corrected chi connectivity index (χ2v) is 14.2. The number of nitrogens with one attached hydrogen (secondary N) is 2. The summed E-state index contributed by atoms with van der Waals surface area (Å²) in [5.41, 5.74) is 1.56. The number of hydrogen-bond acceptors (Lipinski definition) is 4. The molecule has 1 saturated heterocycles. The summed E-state index contributed by atoms with van der Waals surface area (Å²) in [4.78, 5) is 29.8. The number of likely N-dealkylation sites (tertiary alicyclic amines) is 1. The van der Waals surface area contributed by atoms with Crippen LogP contribution in [0.3, 0.4) is 0 Å². The zero-order chi connectivity index (χ0) is 27.5. The second-order valence-electron chi connectivity index (χ2n) is 13.7. The van der Waals surface area contributed by atoms with E-state index in [2.05, 4.69) is 31.4 Å².